The summed E-state index contributed by atoms with van der Waals surface area (Å²) in [5.41, 5.74) is 2.77. The summed E-state index contributed by atoms with van der Waals surface area (Å²) in [6.45, 7) is 2.20. The van der Waals surface area contributed by atoms with Crippen LogP contribution >= 0.6 is 0 Å². The lowest BCUT2D eigenvalue weighted by Crippen LogP contribution is -3.21. The molecule has 1 spiro atoms. The predicted molar refractivity (Wildman–Crippen MR) is 129 cm³/mol. The number of para-hydroxylation sites is 1. The maximum absolute atomic E-state index is 12.7. The quantitative estimate of drug-likeness (QED) is 0.446. The number of quaternary nitrogens is 1. The normalized spacial score (nSPS) is 33.2. The number of furan rings is 1. The fourth-order valence-electron chi connectivity index (χ4n) is 7.65. The summed E-state index contributed by atoms with van der Waals surface area (Å²) in [6, 6.07) is 12.1. The molecule has 2 aromatic carbocycles. The molecular formula is C27H29NO7S. The van der Waals surface area contributed by atoms with Crippen molar-refractivity contribution in [1.82, 2.24) is 0 Å². The molecule has 1 saturated carbocycles. The molecule has 2 aliphatic heterocycles. The smallest absolute Gasteiger partial charge is 0.170 e. The van der Waals surface area contributed by atoms with Crippen molar-refractivity contribution < 1.29 is 37.2 Å². The maximum atomic E-state index is 12.7. The summed E-state index contributed by atoms with van der Waals surface area (Å²) in [4.78, 5) is 1.55. The Labute approximate surface area is 209 Å². The third kappa shape index (κ3) is 3.00. The highest BCUT2D eigenvalue weighted by Crippen LogP contribution is 2.67. The van der Waals surface area contributed by atoms with Gasteiger partial charge in [0, 0.05) is 47.9 Å². The van der Waals surface area contributed by atoms with E-state index in [2.05, 4.69) is 12.1 Å². The molecule has 5 atom stereocenters. The van der Waals surface area contributed by atoms with E-state index in [1.54, 1.807) is 11.0 Å². The molecule has 36 heavy (non-hydrogen) atoms. The Morgan fingerprint density at radius 3 is 2.69 bits per heavy atom. The first kappa shape index (κ1) is 22.6. The average molecular weight is 512 g/mol. The van der Waals surface area contributed by atoms with Gasteiger partial charge in [-0.3, -0.25) is 0 Å². The third-order valence-corrected chi connectivity index (χ3v) is 9.12. The van der Waals surface area contributed by atoms with Crippen LogP contribution in [-0.4, -0.2) is 54.2 Å². The Morgan fingerprint density at radius 1 is 1.19 bits per heavy atom. The second kappa shape index (κ2) is 7.25. The van der Waals surface area contributed by atoms with Crippen LogP contribution in [0.5, 0.6) is 11.5 Å². The van der Waals surface area contributed by atoms with Crippen LogP contribution in [0, 0.1) is 5.92 Å². The van der Waals surface area contributed by atoms with Crippen molar-refractivity contribution in [3.8, 4) is 11.5 Å². The molecular weight excluding hydrogens is 482 g/mol. The molecule has 190 valence electrons. The van der Waals surface area contributed by atoms with Crippen molar-refractivity contribution >= 4 is 21.1 Å². The highest BCUT2D eigenvalue weighted by molar-refractivity contribution is 7.84. The molecule has 3 heterocycles. The Bertz CT molecular complexity index is 1500. The monoisotopic (exact) mass is 511 g/mol. The van der Waals surface area contributed by atoms with Crippen molar-refractivity contribution in [2.75, 3.05) is 19.3 Å². The Morgan fingerprint density at radius 2 is 1.94 bits per heavy atom. The predicted octanol–water partition coefficient (Wildman–Crippen LogP) is 1.58. The average Bonchev–Trinajstić information content (AvgIpc) is 3.44. The minimum atomic E-state index is -3.92. The number of phenols is 1. The number of ether oxygens (including phenoxy) is 1. The van der Waals surface area contributed by atoms with Gasteiger partial charge in [-0.25, -0.2) is 8.42 Å². The largest absolute Gasteiger partial charge is 0.748 e. The first-order valence-electron chi connectivity index (χ1n) is 12.6. The van der Waals surface area contributed by atoms with E-state index in [1.165, 1.54) is 18.4 Å². The van der Waals surface area contributed by atoms with Gasteiger partial charge in [0.05, 0.1) is 28.6 Å². The van der Waals surface area contributed by atoms with Gasteiger partial charge in [0.25, 0.3) is 0 Å². The van der Waals surface area contributed by atoms with Crippen molar-refractivity contribution in [1.29, 1.82) is 0 Å². The number of benzene rings is 2. The molecule has 1 unspecified atom stereocenters. The number of fused-ring (bicyclic) bond motifs is 4. The molecule has 3 aliphatic carbocycles. The van der Waals surface area contributed by atoms with Crippen molar-refractivity contribution in [3.63, 3.8) is 0 Å². The minimum absolute atomic E-state index is 0.137. The van der Waals surface area contributed by atoms with Gasteiger partial charge < -0.3 is 28.8 Å². The molecule has 1 aromatic heterocycles. The zero-order chi connectivity index (χ0) is 25.0. The van der Waals surface area contributed by atoms with E-state index >= 15 is 0 Å². The standard InChI is InChI=1S/C26H25NO4.CH4O3S/c28-18-8-7-15-11-20-26(29)12-17-16-3-1-2-4-19(16)30-22(17)24-25(26,21(15)23(18)31-24)9-10-27(20)13-14-5-6-14;1-5(2,3)4/h1-4,7-8,14,20,24,28-29H,5-6,9-13H2;1H3,(H,2,3,4)/t20-,24-,25-,26+;/m0./s1. The second-order valence-electron chi connectivity index (χ2n) is 11.2. The zero-order valence-electron chi connectivity index (χ0n) is 20.0. The van der Waals surface area contributed by atoms with E-state index in [9.17, 15) is 10.2 Å². The van der Waals surface area contributed by atoms with Gasteiger partial charge in [-0.2, -0.15) is 0 Å². The summed E-state index contributed by atoms with van der Waals surface area (Å²) in [7, 11) is -3.92. The van der Waals surface area contributed by atoms with E-state index < -0.39 is 21.1 Å². The number of piperidine rings is 1. The summed E-state index contributed by atoms with van der Waals surface area (Å²) in [5.74, 6) is 2.40. The Kier molecular flexibility index (Phi) is 4.55. The van der Waals surface area contributed by atoms with Gasteiger partial charge in [-0.15, -0.1) is 0 Å². The van der Waals surface area contributed by atoms with E-state index in [0.717, 1.165) is 59.7 Å². The van der Waals surface area contributed by atoms with Crippen LogP contribution in [0.3, 0.4) is 0 Å². The topological polar surface area (TPSA) is 124 Å². The van der Waals surface area contributed by atoms with Gasteiger partial charge >= 0.3 is 0 Å². The Balaban J connectivity index is 0.000000406. The summed E-state index contributed by atoms with van der Waals surface area (Å²) in [5, 5.41) is 24.5. The van der Waals surface area contributed by atoms with Crippen LogP contribution < -0.4 is 9.64 Å². The van der Waals surface area contributed by atoms with Crippen LogP contribution in [0.4, 0.5) is 0 Å². The number of hydrogen-bond donors (Lipinski definition) is 3. The number of nitrogens with one attached hydrogen (secondary N) is 1. The second-order valence-corrected chi connectivity index (χ2v) is 12.6. The summed E-state index contributed by atoms with van der Waals surface area (Å²) < 4.78 is 40.2. The van der Waals surface area contributed by atoms with Crippen LogP contribution in [0.2, 0.25) is 0 Å². The van der Waals surface area contributed by atoms with Gasteiger partial charge in [-0.05, 0) is 30.5 Å². The fourth-order valence-corrected chi connectivity index (χ4v) is 7.65. The van der Waals surface area contributed by atoms with E-state index in [0.29, 0.717) is 18.4 Å². The molecule has 5 aliphatic rings. The SMILES string of the molecule is CS(=O)(=O)[O-].Oc1ccc2c3c1O[C@H]1c4oc5ccccc5c4C[C@@]4(O)[C@H](C2)[NH+](CC2CC2)CC[C@]314. The number of hydrogen-bond acceptors (Lipinski definition) is 7. The third-order valence-electron chi connectivity index (χ3n) is 9.12. The van der Waals surface area contributed by atoms with E-state index in [-0.39, 0.29) is 17.9 Å². The van der Waals surface area contributed by atoms with Gasteiger partial charge in [0.1, 0.15) is 23.0 Å². The van der Waals surface area contributed by atoms with Crippen LogP contribution in [0.1, 0.15) is 47.8 Å². The molecule has 0 amide bonds. The molecule has 3 N–H and O–H groups in total. The molecule has 2 fully saturated rings. The number of rotatable bonds is 2. The highest BCUT2D eigenvalue weighted by atomic mass is 32.2. The molecule has 8 rings (SSSR count). The summed E-state index contributed by atoms with van der Waals surface area (Å²) in [6.07, 6.45) is 5.16. The van der Waals surface area contributed by atoms with Crippen LogP contribution in [0.15, 0.2) is 40.8 Å². The lowest BCUT2D eigenvalue weighted by Gasteiger charge is -2.60. The number of aromatic hydroxyl groups is 1. The van der Waals surface area contributed by atoms with E-state index in [1.807, 2.05) is 18.2 Å². The minimum Gasteiger partial charge on any atom is -0.748 e. The first-order chi connectivity index (χ1) is 17.1. The van der Waals surface area contributed by atoms with Crippen molar-refractivity contribution in [2.45, 2.75) is 55.3 Å². The molecule has 9 heteroatoms. The molecule has 0 radical (unpaired) electrons. The van der Waals surface area contributed by atoms with Gasteiger partial charge in [-0.1, -0.05) is 24.3 Å². The molecule has 1 saturated heterocycles. The van der Waals surface area contributed by atoms with Gasteiger partial charge in [0.15, 0.2) is 17.6 Å². The number of aliphatic hydroxyl groups is 1. The lowest BCUT2D eigenvalue weighted by atomic mass is 9.49. The number of phenolic OH excluding ortho intramolecular Hbond substituents is 1. The lowest BCUT2D eigenvalue weighted by molar-refractivity contribution is -0.944. The molecule has 8 nitrogen and oxygen atoms in total. The summed E-state index contributed by atoms with van der Waals surface area (Å²) >= 11 is 0. The van der Waals surface area contributed by atoms with Crippen molar-refractivity contribution in [3.05, 3.63) is 58.8 Å². The van der Waals surface area contributed by atoms with Crippen LogP contribution in [0.25, 0.3) is 11.0 Å². The molecule has 3 aromatic rings. The zero-order valence-corrected chi connectivity index (χ0v) is 20.8. The first-order valence-corrected chi connectivity index (χ1v) is 14.4. The Hall–Kier alpha value is -2.59. The maximum Gasteiger partial charge on any atom is 0.170 e. The van der Waals surface area contributed by atoms with Crippen molar-refractivity contribution in [2.24, 2.45) is 5.92 Å². The van der Waals surface area contributed by atoms with Crippen LogP contribution in [-0.2, 0) is 28.4 Å². The van der Waals surface area contributed by atoms with Gasteiger partial charge in [0.2, 0.25) is 0 Å². The molecule has 2 bridgehead atoms. The van der Waals surface area contributed by atoms with E-state index in [4.69, 9.17) is 22.1 Å². The fraction of sp³-hybridized carbons (Fsp3) is 0.481. The highest BCUT2D eigenvalue weighted by Gasteiger charge is 2.75. The number of likely N-dealkylation sites (tertiary alicyclic amines) is 1.